The van der Waals surface area contributed by atoms with Crippen LogP contribution in [0.25, 0.3) is 0 Å². The zero-order chi connectivity index (χ0) is 15.1. The third-order valence-electron chi connectivity index (χ3n) is 3.13. The minimum atomic E-state index is -0.0747. The maximum atomic E-state index is 12.2. The van der Waals surface area contributed by atoms with Crippen molar-refractivity contribution in [1.82, 2.24) is 19.9 Å². The van der Waals surface area contributed by atoms with Gasteiger partial charge in [-0.1, -0.05) is 0 Å². The molecule has 0 unspecified atom stereocenters. The van der Waals surface area contributed by atoms with Crippen molar-refractivity contribution < 1.29 is 4.79 Å². The number of carbonyl (C=O) groups excluding carboxylic acids is 1. The highest BCUT2D eigenvalue weighted by molar-refractivity contribution is 5.92. The van der Waals surface area contributed by atoms with Crippen LogP contribution in [0.5, 0.6) is 0 Å². The Bertz CT molecular complexity index is 584. The van der Waals surface area contributed by atoms with Crippen molar-refractivity contribution in [3.63, 3.8) is 0 Å². The number of hydrogen-bond acceptors (Lipinski definition) is 5. The van der Waals surface area contributed by atoms with E-state index in [1.165, 1.54) is 0 Å². The van der Waals surface area contributed by atoms with Crippen molar-refractivity contribution in [2.45, 2.75) is 20.4 Å². The van der Waals surface area contributed by atoms with Crippen LogP contribution in [0.3, 0.4) is 0 Å². The molecule has 0 bridgehead atoms. The summed E-state index contributed by atoms with van der Waals surface area (Å²) in [6.07, 6.45) is 5.06. The second-order valence-electron chi connectivity index (χ2n) is 4.45. The van der Waals surface area contributed by atoms with Gasteiger partial charge in [0.2, 0.25) is 5.95 Å². The lowest BCUT2D eigenvalue weighted by Gasteiger charge is -2.18. The van der Waals surface area contributed by atoms with Gasteiger partial charge in [-0.15, -0.1) is 0 Å². The first-order chi connectivity index (χ1) is 10.2. The van der Waals surface area contributed by atoms with E-state index >= 15 is 0 Å². The monoisotopic (exact) mass is 285 g/mol. The molecule has 1 amide bonds. The molecule has 21 heavy (non-hydrogen) atoms. The van der Waals surface area contributed by atoms with Crippen molar-refractivity contribution in [3.8, 4) is 0 Å². The second-order valence-corrected chi connectivity index (χ2v) is 4.45. The molecule has 2 aromatic rings. The van der Waals surface area contributed by atoms with Gasteiger partial charge < -0.3 is 10.2 Å². The molecule has 1 N–H and O–H groups in total. The molecule has 0 fully saturated rings. The number of rotatable bonds is 6. The molecular formula is C15H19N5O. The van der Waals surface area contributed by atoms with E-state index in [-0.39, 0.29) is 5.91 Å². The predicted molar refractivity (Wildman–Crippen MR) is 80.8 cm³/mol. The summed E-state index contributed by atoms with van der Waals surface area (Å²) in [6.45, 7) is 5.82. The van der Waals surface area contributed by atoms with Gasteiger partial charge in [0, 0.05) is 38.2 Å². The van der Waals surface area contributed by atoms with Crippen LogP contribution in [0, 0.1) is 0 Å². The van der Waals surface area contributed by atoms with Gasteiger partial charge in [0.05, 0.1) is 0 Å². The maximum Gasteiger partial charge on any atom is 0.272 e. The first kappa shape index (κ1) is 14.9. The number of pyridine rings is 1. The summed E-state index contributed by atoms with van der Waals surface area (Å²) in [5.74, 6) is 0.374. The molecule has 0 aliphatic rings. The highest BCUT2D eigenvalue weighted by Gasteiger charge is 2.14. The first-order valence-electron chi connectivity index (χ1n) is 6.99. The van der Waals surface area contributed by atoms with Crippen LogP contribution in [-0.4, -0.2) is 38.8 Å². The molecule has 6 nitrogen and oxygen atoms in total. The van der Waals surface area contributed by atoms with Crippen LogP contribution >= 0.6 is 0 Å². The van der Waals surface area contributed by atoms with Gasteiger partial charge in [-0.3, -0.25) is 9.78 Å². The second kappa shape index (κ2) is 7.33. The van der Waals surface area contributed by atoms with E-state index in [4.69, 9.17) is 0 Å². The predicted octanol–water partition coefficient (Wildman–Crippen LogP) is 1.97. The molecular weight excluding hydrogens is 266 g/mol. The molecule has 6 heteroatoms. The van der Waals surface area contributed by atoms with Crippen LogP contribution in [0.2, 0.25) is 0 Å². The van der Waals surface area contributed by atoms with Crippen LogP contribution in [-0.2, 0) is 6.54 Å². The molecule has 2 heterocycles. The summed E-state index contributed by atoms with van der Waals surface area (Å²) in [5.41, 5.74) is 1.49. The van der Waals surface area contributed by atoms with Gasteiger partial charge in [-0.2, -0.15) is 0 Å². The quantitative estimate of drug-likeness (QED) is 0.878. The van der Waals surface area contributed by atoms with E-state index < -0.39 is 0 Å². The molecule has 2 aromatic heterocycles. The number of hydrogen-bond donors (Lipinski definition) is 1. The zero-order valence-corrected chi connectivity index (χ0v) is 12.3. The van der Waals surface area contributed by atoms with Gasteiger partial charge in [0.25, 0.3) is 5.91 Å². The van der Waals surface area contributed by atoms with E-state index in [0.29, 0.717) is 31.3 Å². The van der Waals surface area contributed by atoms with E-state index in [2.05, 4.69) is 20.3 Å². The molecule has 2 rings (SSSR count). The van der Waals surface area contributed by atoms with Crippen LogP contribution in [0.1, 0.15) is 29.9 Å². The van der Waals surface area contributed by atoms with Crippen molar-refractivity contribution in [2.75, 3.05) is 18.4 Å². The normalized spacial score (nSPS) is 10.2. The maximum absolute atomic E-state index is 12.2. The van der Waals surface area contributed by atoms with Gasteiger partial charge >= 0.3 is 0 Å². The fraction of sp³-hybridized carbons (Fsp3) is 0.333. The Hall–Kier alpha value is -2.50. The van der Waals surface area contributed by atoms with Gasteiger partial charge in [0.1, 0.15) is 5.69 Å². The number of carbonyl (C=O) groups is 1. The Morgan fingerprint density at radius 3 is 2.52 bits per heavy atom. The van der Waals surface area contributed by atoms with Crippen molar-refractivity contribution in [1.29, 1.82) is 0 Å². The minimum Gasteiger partial charge on any atom is -0.350 e. The van der Waals surface area contributed by atoms with E-state index in [1.54, 1.807) is 29.6 Å². The topological polar surface area (TPSA) is 71.0 Å². The Balaban J connectivity index is 2.05. The molecule has 110 valence electrons. The molecule has 0 saturated carbocycles. The number of nitrogens with one attached hydrogen (secondary N) is 1. The number of nitrogens with zero attached hydrogens (tertiary/aromatic N) is 4. The van der Waals surface area contributed by atoms with Crippen LogP contribution < -0.4 is 5.32 Å². The van der Waals surface area contributed by atoms with Gasteiger partial charge in [-0.05, 0) is 37.6 Å². The van der Waals surface area contributed by atoms with Gasteiger partial charge in [0.15, 0.2) is 0 Å². The highest BCUT2D eigenvalue weighted by Crippen LogP contribution is 2.06. The van der Waals surface area contributed by atoms with E-state index in [0.717, 1.165) is 5.56 Å². The SMILES string of the molecule is CCN(CC)C(=O)c1ccnc(NCc2ccncc2)n1. The molecule has 0 spiro atoms. The lowest BCUT2D eigenvalue weighted by atomic mass is 10.3. The summed E-state index contributed by atoms with van der Waals surface area (Å²) in [5, 5.41) is 3.11. The highest BCUT2D eigenvalue weighted by atomic mass is 16.2. The molecule has 0 aromatic carbocycles. The Labute approximate surface area is 124 Å². The summed E-state index contributed by atoms with van der Waals surface area (Å²) >= 11 is 0. The third kappa shape index (κ3) is 3.98. The Morgan fingerprint density at radius 1 is 1.14 bits per heavy atom. The standard InChI is InChI=1S/C15H19N5O/c1-3-20(4-2)14(21)13-7-10-17-15(19-13)18-11-12-5-8-16-9-6-12/h5-10H,3-4,11H2,1-2H3,(H,17,18,19). The van der Waals surface area contributed by atoms with Crippen LogP contribution in [0.4, 0.5) is 5.95 Å². The minimum absolute atomic E-state index is 0.0747. The van der Waals surface area contributed by atoms with E-state index in [9.17, 15) is 4.79 Å². The van der Waals surface area contributed by atoms with Crippen molar-refractivity contribution >= 4 is 11.9 Å². The molecule has 0 atom stereocenters. The summed E-state index contributed by atoms with van der Waals surface area (Å²) in [4.78, 5) is 26.3. The molecule has 0 radical (unpaired) electrons. The molecule has 0 aliphatic heterocycles. The van der Waals surface area contributed by atoms with Gasteiger partial charge in [-0.25, -0.2) is 9.97 Å². The Morgan fingerprint density at radius 2 is 1.86 bits per heavy atom. The fourth-order valence-electron chi connectivity index (χ4n) is 1.92. The average molecular weight is 285 g/mol. The number of amides is 1. The average Bonchev–Trinajstić information content (AvgIpc) is 2.55. The lowest BCUT2D eigenvalue weighted by molar-refractivity contribution is 0.0767. The van der Waals surface area contributed by atoms with Crippen LogP contribution in [0.15, 0.2) is 36.8 Å². The summed E-state index contributed by atoms with van der Waals surface area (Å²) in [7, 11) is 0. The molecule has 0 saturated heterocycles. The first-order valence-corrected chi connectivity index (χ1v) is 6.99. The molecule has 0 aliphatic carbocycles. The smallest absolute Gasteiger partial charge is 0.272 e. The third-order valence-corrected chi connectivity index (χ3v) is 3.13. The van der Waals surface area contributed by atoms with Crippen molar-refractivity contribution in [3.05, 3.63) is 48.0 Å². The lowest BCUT2D eigenvalue weighted by Crippen LogP contribution is -2.31. The van der Waals surface area contributed by atoms with E-state index in [1.807, 2.05) is 26.0 Å². The number of aromatic nitrogens is 3. The number of anilines is 1. The van der Waals surface area contributed by atoms with Crippen molar-refractivity contribution in [2.24, 2.45) is 0 Å². The summed E-state index contributed by atoms with van der Waals surface area (Å²) in [6, 6.07) is 5.47. The Kier molecular flexibility index (Phi) is 5.20. The fourth-order valence-corrected chi connectivity index (χ4v) is 1.92. The largest absolute Gasteiger partial charge is 0.350 e. The summed E-state index contributed by atoms with van der Waals surface area (Å²) < 4.78 is 0. The zero-order valence-electron chi connectivity index (χ0n) is 12.3.